The molecule has 0 aliphatic carbocycles. The number of carbonyl (C=O) groups excluding carboxylic acids is 1. The number of nitrogens with one attached hydrogen (secondary N) is 1. The fraction of sp³-hybridized carbons (Fsp3) is 0.583. The topological polar surface area (TPSA) is 82.5 Å². The molecule has 0 atom stereocenters. The molecule has 0 bridgehead atoms. The van der Waals surface area contributed by atoms with Crippen LogP contribution in [0.25, 0.3) is 0 Å². The lowest BCUT2D eigenvalue weighted by atomic mass is 10.3. The number of amides is 2. The van der Waals surface area contributed by atoms with Crippen LogP contribution in [0.5, 0.6) is 0 Å². The van der Waals surface area contributed by atoms with Gasteiger partial charge in [-0.2, -0.15) is 0 Å². The van der Waals surface area contributed by atoms with E-state index in [-0.39, 0.29) is 12.5 Å². The number of aromatic nitrogens is 1. The van der Waals surface area contributed by atoms with Crippen LogP contribution in [-0.4, -0.2) is 46.6 Å². The predicted molar refractivity (Wildman–Crippen MR) is 73.3 cm³/mol. The van der Waals surface area contributed by atoms with Gasteiger partial charge in [-0.3, -0.25) is 4.79 Å². The molecule has 1 rings (SSSR count). The number of hydrogen-bond acceptors (Lipinski definition) is 4. The number of likely N-dealkylation sites (N-methyl/N-ethyl adjacent to an activating group) is 1. The molecule has 0 aliphatic heterocycles. The molecule has 0 aromatic carbocycles. The zero-order valence-corrected chi connectivity index (χ0v) is 11.8. The number of urea groups is 1. The number of carbonyl (C=O) groups is 2. The van der Waals surface area contributed by atoms with Crippen molar-refractivity contribution < 1.29 is 14.7 Å². The molecule has 1 aromatic heterocycles. The average molecular weight is 285 g/mol. The first-order chi connectivity index (χ1) is 9.13. The number of thiazole rings is 1. The highest BCUT2D eigenvalue weighted by Crippen LogP contribution is 2.05. The van der Waals surface area contributed by atoms with Crippen molar-refractivity contribution in [3.05, 3.63) is 16.6 Å². The molecule has 1 heterocycles. The van der Waals surface area contributed by atoms with Gasteiger partial charge in [0, 0.05) is 44.1 Å². The molecule has 1 aromatic rings. The second-order valence-electron chi connectivity index (χ2n) is 3.98. The molecule has 0 radical (unpaired) electrons. The van der Waals surface area contributed by atoms with Gasteiger partial charge < -0.3 is 15.3 Å². The summed E-state index contributed by atoms with van der Waals surface area (Å²) in [6.45, 7) is 3.54. The van der Waals surface area contributed by atoms with Crippen LogP contribution in [0.4, 0.5) is 4.79 Å². The highest BCUT2D eigenvalue weighted by atomic mass is 32.1. The number of carboxylic acid groups (broad SMARTS) is 1. The molecule has 0 fully saturated rings. The number of aliphatic carboxylic acids is 1. The normalized spacial score (nSPS) is 10.2. The van der Waals surface area contributed by atoms with Gasteiger partial charge in [-0.15, -0.1) is 11.3 Å². The molecule has 106 valence electrons. The fourth-order valence-corrected chi connectivity index (χ4v) is 2.17. The Morgan fingerprint density at radius 2 is 2.32 bits per heavy atom. The Balaban J connectivity index is 2.25. The van der Waals surface area contributed by atoms with E-state index in [1.165, 1.54) is 0 Å². The van der Waals surface area contributed by atoms with Crippen LogP contribution in [-0.2, 0) is 11.2 Å². The van der Waals surface area contributed by atoms with Gasteiger partial charge in [0.1, 0.15) is 0 Å². The van der Waals surface area contributed by atoms with Crippen LogP contribution in [0.2, 0.25) is 0 Å². The predicted octanol–water partition coefficient (Wildman–Crippen LogP) is 1.58. The third-order valence-corrected chi connectivity index (χ3v) is 3.43. The fourth-order valence-electron chi connectivity index (χ4n) is 1.56. The van der Waals surface area contributed by atoms with Gasteiger partial charge in [-0.1, -0.05) is 0 Å². The average Bonchev–Trinajstić information content (AvgIpc) is 2.88. The van der Waals surface area contributed by atoms with E-state index in [9.17, 15) is 9.59 Å². The van der Waals surface area contributed by atoms with Gasteiger partial charge in [0.15, 0.2) is 0 Å². The molecule has 2 amide bonds. The molecule has 7 heteroatoms. The van der Waals surface area contributed by atoms with Gasteiger partial charge in [0.25, 0.3) is 0 Å². The van der Waals surface area contributed by atoms with Crippen LogP contribution in [0, 0.1) is 0 Å². The molecule has 6 nitrogen and oxygen atoms in total. The minimum absolute atomic E-state index is 0.0749. The standard InChI is InChI=1S/C12H19N3O3S/c1-2-15(8-5-10-13-7-9-19-10)12(18)14-6-3-4-11(16)17/h7,9H,2-6,8H2,1H3,(H,14,18)(H,16,17). The van der Waals surface area contributed by atoms with Crippen LogP contribution in [0.3, 0.4) is 0 Å². The van der Waals surface area contributed by atoms with Crippen molar-refractivity contribution >= 4 is 23.3 Å². The monoisotopic (exact) mass is 285 g/mol. The van der Waals surface area contributed by atoms with E-state index in [1.54, 1.807) is 22.4 Å². The Hall–Kier alpha value is -1.63. The molecule has 0 spiro atoms. The maximum atomic E-state index is 11.8. The minimum Gasteiger partial charge on any atom is -0.481 e. The van der Waals surface area contributed by atoms with Crippen LogP contribution in [0.15, 0.2) is 11.6 Å². The summed E-state index contributed by atoms with van der Waals surface area (Å²) in [5.74, 6) is -0.842. The van der Waals surface area contributed by atoms with Gasteiger partial charge >= 0.3 is 12.0 Å². The lowest BCUT2D eigenvalue weighted by molar-refractivity contribution is -0.137. The van der Waals surface area contributed by atoms with Crippen LogP contribution < -0.4 is 5.32 Å². The summed E-state index contributed by atoms with van der Waals surface area (Å²) in [7, 11) is 0. The Bertz CT molecular complexity index is 395. The third kappa shape index (κ3) is 6.19. The quantitative estimate of drug-likeness (QED) is 0.710. The maximum absolute atomic E-state index is 11.8. The number of hydrogen-bond donors (Lipinski definition) is 2. The molecule has 0 saturated carbocycles. The largest absolute Gasteiger partial charge is 0.481 e. The third-order valence-electron chi connectivity index (χ3n) is 2.59. The lowest BCUT2D eigenvalue weighted by Gasteiger charge is -2.20. The molecule has 19 heavy (non-hydrogen) atoms. The van der Waals surface area contributed by atoms with Gasteiger partial charge in [0.05, 0.1) is 5.01 Å². The van der Waals surface area contributed by atoms with Crippen molar-refractivity contribution in [2.24, 2.45) is 0 Å². The smallest absolute Gasteiger partial charge is 0.317 e. The SMILES string of the molecule is CCN(CCc1nccs1)C(=O)NCCCC(=O)O. The maximum Gasteiger partial charge on any atom is 0.317 e. The second kappa shape index (κ2) is 8.47. The zero-order chi connectivity index (χ0) is 14.1. The molecule has 0 aliphatic rings. The summed E-state index contributed by atoms with van der Waals surface area (Å²) in [4.78, 5) is 28.0. The zero-order valence-electron chi connectivity index (χ0n) is 11.0. The summed E-state index contributed by atoms with van der Waals surface area (Å²) in [6, 6.07) is -0.149. The molecular weight excluding hydrogens is 266 g/mol. The highest BCUT2D eigenvalue weighted by molar-refractivity contribution is 7.09. The summed E-state index contributed by atoms with van der Waals surface area (Å²) < 4.78 is 0. The van der Waals surface area contributed by atoms with E-state index in [1.807, 2.05) is 12.3 Å². The first-order valence-electron chi connectivity index (χ1n) is 6.26. The van der Waals surface area contributed by atoms with E-state index in [2.05, 4.69) is 10.3 Å². The van der Waals surface area contributed by atoms with Gasteiger partial charge in [-0.25, -0.2) is 9.78 Å². The van der Waals surface area contributed by atoms with Crippen molar-refractivity contribution in [1.82, 2.24) is 15.2 Å². The minimum atomic E-state index is -0.842. The van der Waals surface area contributed by atoms with Gasteiger partial charge in [-0.05, 0) is 13.3 Å². The molecule has 2 N–H and O–H groups in total. The van der Waals surface area contributed by atoms with Crippen LogP contribution >= 0.6 is 11.3 Å². The number of nitrogens with zero attached hydrogens (tertiary/aromatic N) is 2. The Kier molecular flexibility index (Phi) is 6.88. The van der Waals surface area contributed by atoms with Crippen molar-refractivity contribution in [3.8, 4) is 0 Å². The van der Waals surface area contributed by atoms with E-state index in [0.29, 0.717) is 26.1 Å². The molecule has 0 unspecified atom stereocenters. The lowest BCUT2D eigenvalue weighted by Crippen LogP contribution is -2.41. The summed E-state index contributed by atoms with van der Waals surface area (Å²) in [5, 5.41) is 14.1. The van der Waals surface area contributed by atoms with Gasteiger partial charge in [0.2, 0.25) is 0 Å². The van der Waals surface area contributed by atoms with E-state index >= 15 is 0 Å². The number of carboxylic acids is 1. The van der Waals surface area contributed by atoms with E-state index in [0.717, 1.165) is 11.4 Å². The van der Waals surface area contributed by atoms with Crippen molar-refractivity contribution in [3.63, 3.8) is 0 Å². The van der Waals surface area contributed by atoms with Crippen molar-refractivity contribution in [2.45, 2.75) is 26.2 Å². The van der Waals surface area contributed by atoms with E-state index in [4.69, 9.17) is 5.11 Å². The Labute approximate surface area is 116 Å². The molecular formula is C12H19N3O3S. The van der Waals surface area contributed by atoms with Crippen molar-refractivity contribution in [1.29, 1.82) is 0 Å². The first kappa shape index (κ1) is 15.4. The summed E-state index contributed by atoms with van der Waals surface area (Å²) >= 11 is 1.58. The second-order valence-corrected chi connectivity index (χ2v) is 4.96. The van der Waals surface area contributed by atoms with Crippen LogP contribution in [0.1, 0.15) is 24.8 Å². The Morgan fingerprint density at radius 3 is 2.89 bits per heavy atom. The summed E-state index contributed by atoms with van der Waals surface area (Å²) in [5.41, 5.74) is 0. The van der Waals surface area contributed by atoms with Crippen molar-refractivity contribution in [2.75, 3.05) is 19.6 Å². The van der Waals surface area contributed by atoms with E-state index < -0.39 is 5.97 Å². The Morgan fingerprint density at radius 1 is 1.53 bits per heavy atom. The first-order valence-corrected chi connectivity index (χ1v) is 7.14. The summed E-state index contributed by atoms with van der Waals surface area (Å²) in [6.07, 6.45) is 3.02. The molecule has 0 saturated heterocycles. The number of rotatable bonds is 8. The highest BCUT2D eigenvalue weighted by Gasteiger charge is 2.11.